The highest BCUT2D eigenvalue weighted by atomic mass is 32.1. The number of rotatable bonds is 1. The number of amidine groups is 1. The van der Waals surface area contributed by atoms with Crippen molar-refractivity contribution in [2.45, 2.75) is 12.5 Å². The molecule has 0 bridgehead atoms. The molecule has 3 heterocycles. The van der Waals surface area contributed by atoms with Gasteiger partial charge in [0, 0.05) is 12.0 Å². The van der Waals surface area contributed by atoms with E-state index in [1.807, 2.05) is 6.07 Å². The number of fused-ring (bicyclic) bond motifs is 1. The maximum absolute atomic E-state index is 5.92. The Morgan fingerprint density at radius 1 is 1.47 bits per heavy atom. The first-order valence-electron chi connectivity index (χ1n) is 4.76. The van der Waals surface area contributed by atoms with Crippen LogP contribution in [0.4, 0.5) is 0 Å². The minimum Gasteiger partial charge on any atom is -0.472 e. The molecule has 2 aromatic heterocycles. The molecule has 1 aliphatic heterocycles. The molecule has 3 nitrogen and oxygen atoms in total. The van der Waals surface area contributed by atoms with Crippen molar-refractivity contribution in [1.29, 1.82) is 0 Å². The van der Waals surface area contributed by atoms with Crippen molar-refractivity contribution in [3.05, 3.63) is 46.0 Å². The molecule has 76 valence electrons. The van der Waals surface area contributed by atoms with E-state index in [9.17, 15) is 0 Å². The van der Waals surface area contributed by atoms with E-state index in [4.69, 9.17) is 10.2 Å². The van der Waals surface area contributed by atoms with Crippen molar-refractivity contribution in [3.63, 3.8) is 0 Å². The van der Waals surface area contributed by atoms with Crippen LogP contribution < -0.4 is 5.73 Å². The van der Waals surface area contributed by atoms with Crippen LogP contribution in [0.3, 0.4) is 0 Å². The second kappa shape index (κ2) is 3.24. The van der Waals surface area contributed by atoms with E-state index in [0.29, 0.717) is 5.84 Å². The third-order valence-corrected chi connectivity index (χ3v) is 3.59. The number of aliphatic imine (C=N–C) groups is 1. The predicted octanol–water partition coefficient (Wildman–Crippen LogP) is 2.34. The summed E-state index contributed by atoms with van der Waals surface area (Å²) in [5, 5.41) is 2.06. The van der Waals surface area contributed by atoms with Crippen LogP contribution in [0, 0.1) is 0 Å². The standard InChI is InChI=1S/C11H10N2OS/c12-11-10-7(2-4-15-10)5-9(13-11)8-1-3-14-6-8/h1-4,6,9H,5H2,(H2,12,13). The second-order valence-corrected chi connectivity index (χ2v) is 4.48. The van der Waals surface area contributed by atoms with Gasteiger partial charge in [-0.25, -0.2) is 0 Å². The second-order valence-electron chi connectivity index (χ2n) is 3.57. The number of furan rings is 1. The fourth-order valence-corrected chi connectivity index (χ4v) is 2.70. The highest BCUT2D eigenvalue weighted by Gasteiger charge is 2.22. The lowest BCUT2D eigenvalue weighted by molar-refractivity contribution is 0.558. The van der Waals surface area contributed by atoms with Crippen LogP contribution in [-0.2, 0) is 6.42 Å². The summed E-state index contributed by atoms with van der Waals surface area (Å²) >= 11 is 1.65. The third-order valence-electron chi connectivity index (χ3n) is 2.62. The molecule has 0 saturated heterocycles. The monoisotopic (exact) mass is 218 g/mol. The van der Waals surface area contributed by atoms with E-state index >= 15 is 0 Å². The van der Waals surface area contributed by atoms with E-state index in [0.717, 1.165) is 16.9 Å². The van der Waals surface area contributed by atoms with Crippen LogP contribution in [-0.4, -0.2) is 5.84 Å². The maximum atomic E-state index is 5.92. The van der Waals surface area contributed by atoms with Gasteiger partial charge >= 0.3 is 0 Å². The largest absolute Gasteiger partial charge is 0.472 e. The first kappa shape index (κ1) is 8.73. The Morgan fingerprint density at radius 2 is 2.40 bits per heavy atom. The first-order valence-corrected chi connectivity index (χ1v) is 5.64. The van der Waals surface area contributed by atoms with Gasteiger partial charge in [-0.15, -0.1) is 11.3 Å². The number of nitrogens with two attached hydrogens (primary N) is 1. The van der Waals surface area contributed by atoms with Gasteiger partial charge in [-0.2, -0.15) is 0 Å². The van der Waals surface area contributed by atoms with Crippen LogP contribution >= 0.6 is 11.3 Å². The molecular formula is C11H10N2OS. The quantitative estimate of drug-likeness (QED) is 0.798. The fourth-order valence-electron chi connectivity index (χ4n) is 1.86. The topological polar surface area (TPSA) is 51.5 Å². The zero-order chi connectivity index (χ0) is 10.3. The Balaban J connectivity index is 2.02. The van der Waals surface area contributed by atoms with Gasteiger partial charge in [-0.1, -0.05) is 0 Å². The molecule has 3 rings (SSSR count). The normalized spacial score (nSPS) is 19.7. The van der Waals surface area contributed by atoms with Gasteiger partial charge in [-0.05, 0) is 23.1 Å². The van der Waals surface area contributed by atoms with Gasteiger partial charge in [0.05, 0.1) is 23.4 Å². The summed E-state index contributed by atoms with van der Waals surface area (Å²) in [6, 6.07) is 4.18. The summed E-state index contributed by atoms with van der Waals surface area (Å²) in [7, 11) is 0. The summed E-state index contributed by atoms with van der Waals surface area (Å²) in [5.74, 6) is 0.650. The van der Waals surface area contributed by atoms with Crippen molar-refractivity contribution in [1.82, 2.24) is 0 Å². The Kier molecular flexibility index (Phi) is 1.89. The van der Waals surface area contributed by atoms with E-state index in [-0.39, 0.29) is 6.04 Å². The van der Waals surface area contributed by atoms with Crippen molar-refractivity contribution in [2.75, 3.05) is 0 Å². The average Bonchev–Trinajstić information content (AvgIpc) is 2.88. The van der Waals surface area contributed by atoms with Crippen molar-refractivity contribution < 1.29 is 4.42 Å². The fraction of sp³-hybridized carbons (Fsp3) is 0.182. The molecule has 2 aromatic rings. The van der Waals surface area contributed by atoms with Gasteiger partial charge in [0.15, 0.2) is 0 Å². The molecule has 4 heteroatoms. The lowest BCUT2D eigenvalue weighted by atomic mass is 9.99. The highest BCUT2D eigenvalue weighted by molar-refractivity contribution is 7.12. The SMILES string of the molecule is NC1=NC(c2ccoc2)Cc2ccsc21. The van der Waals surface area contributed by atoms with Gasteiger partial charge < -0.3 is 10.2 Å². The first-order chi connectivity index (χ1) is 7.34. The minimum atomic E-state index is 0.117. The molecule has 0 aliphatic carbocycles. The van der Waals surface area contributed by atoms with Crippen molar-refractivity contribution in [2.24, 2.45) is 10.7 Å². The number of thiophene rings is 1. The van der Waals surface area contributed by atoms with Crippen LogP contribution in [0.25, 0.3) is 0 Å². The van der Waals surface area contributed by atoms with E-state index in [1.165, 1.54) is 5.56 Å². The summed E-state index contributed by atoms with van der Waals surface area (Å²) in [5.41, 5.74) is 8.30. The number of nitrogens with zero attached hydrogens (tertiary/aromatic N) is 1. The minimum absolute atomic E-state index is 0.117. The molecule has 1 aliphatic rings. The van der Waals surface area contributed by atoms with Gasteiger partial charge in [0.25, 0.3) is 0 Å². The maximum Gasteiger partial charge on any atom is 0.136 e. The van der Waals surface area contributed by atoms with Crippen LogP contribution in [0.15, 0.2) is 39.4 Å². The van der Waals surface area contributed by atoms with Gasteiger partial charge in [0.2, 0.25) is 0 Å². The molecule has 2 N–H and O–H groups in total. The van der Waals surface area contributed by atoms with E-state index < -0.39 is 0 Å². The van der Waals surface area contributed by atoms with Crippen LogP contribution in [0.1, 0.15) is 22.0 Å². The molecule has 0 fully saturated rings. The van der Waals surface area contributed by atoms with Crippen molar-refractivity contribution >= 4 is 17.2 Å². The molecule has 0 amide bonds. The Hall–Kier alpha value is -1.55. The Morgan fingerprint density at radius 3 is 3.20 bits per heavy atom. The van der Waals surface area contributed by atoms with Crippen LogP contribution in [0.5, 0.6) is 0 Å². The zero-order valence-corrected chi connectivity index (χ0v) is 8.83. The van der Waals surface area contributed by atoms with Gasteiger partial charge in [0.1, 0.15) is 5.84 Å². The van der Waals surface area contributed by atoms with Gasteiger partial charge in [-0.3, -0.25) is 4.99 Å². The van der Waals surface area contributed by atoms with E-state index in [2.05, 4.69) is 16.4 Å². The molecular weight excluding hydrogens is 208 g/mol. The van der Waals surface area contributed by atoms with E-state index in [1.54, 1.807) is 23.9 Å². The highest BCUT2D eigenvalue weighted by Crippen LogP contribution is 2.31. The molecule has 0 aromatic carbocycles. The lowest BCUT2D eigenvalue weighted by Gasteiger charge is -2.17. The zero-order valence-electron chi connectivity index (χ0n) is 8.01. The van der Waals surface area contributed by atoms with Crippen LogP contribution in [0.2, 0.25) is 0 Å². The molecule has 0 spiro atoms. The van der Waals surface area contributed by atoms with Crippen molar-refractivity contribution in [3.8, 4) is 0 Å². The number of hydrogen-bond donors (Lipinski definition) is 1. The molecule has 1 atom stereocenters. The lowest BCUT2D eigenvalue weighted by Crippen LogP contribution is -2.20. The summed E-state index contributed by atoms with van der Waals surface area (Å²) in [4.78, 5) is 5.60. The molecule has 15 heavy (non-hydrogen) atoms. The Bertz CT molecular complexity index is 498. The summed E-state index contributed by atoms with van der Waals surface area (Å²) < 4.78 is 5.06. The Labute approximate surface area is 91.2 Å². The molecule has 0 saturated carbocycles. The summed E-state index contributed by atoms with van der Waals surface area (Å²) in [6.45, 7) is 0. The smallest absolute Gasteiger partial charge is 0.136 e. The molecule has 0 radical (unpaired) electrons. The summed E-state index contributed by atoms with van der Waals surface area (Å²) in [6.07, 6.45) is 4.32. The third kappa shape index (κ3) is 1.37. The average molecular weight is 218 g/mol. The number of hydrogen-bond acceptors (Lipinski definition) is 4. The predicted molar refractivity (Wildman–Crippen MR) is 60.2 cm³/mol. The molecule has 1 unspecified atom stereocenters.